The largest absolute Gasteiger partial charge is 0.481 e. The third-order valence-corrected chi connectivity index (χ3v) is 3.27. The van der Waals surface area contributed by atoms with Crippen LogP contribution in [0.2, 0.25) is 0 Å². The van der Waals surface area contributed by atoms with Crippen LogP contribution in [-0.4, -0.2) is 48.1 Å². The molecule has 1 aromatic rings. The molecule has 0 radical (unpaired) electrons. The number of benzene rings is 1. The fourth-order valence-electron chi connectivity index (χ4n) is 2.21. The summed E-state index contributed by atoms with van der Waals surface area (Å²) < 4.78 is 13.7. The molecule has 1 N–H and O–H groups in total. The summed E-state index contributed by atoms with van der Waals surface area (Å²) in [5.41, 5.74) is 0.205. The van der Waals surface area contributed by atoms with E-state index in [9.17, 15) is 14.0 Å². The van der Waals surface area contributed by atoms with Gasteiger partial charge in [0, 0.05) is 13.1 Å². The summed E-state index contributed by atoms with van der Waals surface area (Å²) in [5, 5.41) is 8.84. The van der Waals surface area contributed by atoms with E-state index in [0.717, 1.165) is 0 Å². The Hall–Kier alpha value is -1.95. The van der Waals surface area contributed by atoms with Crippen LogP contribution in [0.4, 0.5) is 10.1 Å². The van der Waals surface area contributed by atoms with E-state index in [2.05, 4.69) is 0 Å². The number of para-hydroxylation sites is 1. The molecule has 1 saturated heterocycles. The molecule has 0 bridgehead atoms. The van der Waals surface area contributed by atoms with Crippen LogP contribution in [0.3, 0.4) is 0 Å². The molecule has 6 heteroatoms. The lowest BCUT2D eigenvalue weighted by atomic mass is 10.1. The zero-order chi connectivity index (χ0) is 14.0. The normalized spacial score (nSPS) is 20.6. The number of amides is 1. The summed E-state index contributed by atoms with van der Waals surface area (Å²) in [6.07, 6.45) is -0.277. The first-order chi connectivity index (χ1) is 9.00. The van der Waals surface area contributed by atoms with Gasteiger partial charge in [-0.3, -0.25) is 14.5 Å². The molecule has 1 amide bonds. The van der Waals surface area contributed by atoms with Gasteiger partial charge in [-0.05, 0) is 19.2 Å². The second-order valence-corrected chi connectivity index (χ2v) is 4.54. The minimum absolute atomic E-state index is 0.205. The smallest absolute Gasteiger partial charge is 0.305 e. The Morgan fingerprint density at radius 3 is 2.74 bits per heavy atom. The average molecular weight is 266 g/mol. The highest BCUT2D eigenvalue weighted by atomic mass is 19.1. The Labute approximate surface area is 110 Å². The van der Waals surface area contributed by atoms with Crippen LogP contribution in [0.5, 0.6) is 0 Å². The van der Waals surface area contributed by atoms with Crippen molar-refractivity contribution < 1.29 is 19.1 Å². The molecule has 0 aromatic heterocycles. The lowest BCUT2D eigenvalue weighted by Crippen LogP contribution is -2.56. The zero-order valence-corrected chi connectivity index (χ0v) is 10.5. The molecule has 1 atom stereocenters. The van der Waals surface area contributed by atoms with Crippen molar-refractivity contribution in [2.45, 2.75) is 12.5 Å². The minimum atomic E-state index is -1.04. The number of hydrogen-bond acceptors (Lipinski definition) is 3. The number of carbonyl (C=O) groups excluding carboxylic acids is 1. The Morgan fingerprint density at radius 1 is 1.42 bits per heavy atom. The molecule has 0 spiro atoms. The van der Waals surface area contributed by atoms with Crippen LogP contribution in [0.15, 0.2) is 24.3 Å². The number of piperazine rings is 1. The molecule has 5 nitrogen and oxygen atoms in total. The lowest BCUT2D eigenvalue weighted by molar-refractivity contribution is -0.141. The zero-order valence-electron chi connectivity index (χ0n) is 10.5. The number of carbonyl (C=O) groups is 2. The molecule has 0 saturated carbocycles. The van der Waals surface area contributed by atoms with Gasteiger partial charge in [0.2, 0.25) is 5.91 Å². The quantitative estimate of drug-likeness (QED) is 0.884. The molecule has 1 unspecified atom stereocenters. The van der Waals surface area contributed by atoms with Gasteiger partial charge in [0.1, 0.15) is 11.9 Å². The summed E-state index contributed by atoms with van der Waals surface area (Å²) in [5.74, 6) is -1.89. The van der Waals surface area contributed by atoms with Gasteiger partial charge in [-0.2, -0.15) is 0 Å². The first-order valence-corrected chi connectivity index (χ1v) is 5.98. The predicted molar refractivity (Wildman–Crippen MR) is 67.4 cm³/mol. The number of halogens is 1. The van der Waals surface area contributed by atoms with E-state index >= 15 is 0 Å². The SMILES string of the molecule is CN1CCN(c2ccccc2F)C(=O)C1CC(=O)O. The van der Waals surface area contributed by atoms with E-state index in [1.165, 1.54) is 17.0 Å². The highest BCUT2D eigenvalue weighted by Gasteiger charge is 2.35. The maximum absolute atomic E-state index is 13.7. The lowest BCUT2D eigenvalue weighted by Gasteiger charge is -2.38. The van der Waals surface area contributed by atoms with Crippen molar-refractivity contribution in [2.75, 3.05) is 25.0 Å². The number of nitrogens with zero attached hydrogens (tertiary/aromatic N) is 2. The maximum Gasteiger partial charge on any atom is 0.305 e. The molecule has 1 aliphatic heterocycles. The van der Waals surface area contributed by atoms with Crippen molar-refractivity contribution in [2.24, 2.45) is 0 Å². The summed E-state index contributed by atoms with van der Waals surface area (Å²) >= 11 is 0. The van der Waals surface area contributed by atoms with Gasteiger partial charge in [0.25, 0.3) is 0 Å². The minimum Gasteiger partial charge on any atom is -0.481 e. The van der Waals surface area contributed by atoms with Crippen LogP contribution in [-0.2, 0) is 9.59 Å². The van der Waals surface area contributed by atoms with E-state index < -0.39 is 17.8 Å². The van der Waals surface area contributed by atoms with Crippen LogP contribution >= 0.6 is 0 Å². The standard InChI is InChI=1S/C13H15FN2O3/c1-15-6-7-16(10-5-3-2-4-9(10)14)13(19)11(15)8-12(17)18/h2-5,11H,6-8H2,1H3,(H,17,18). The van der Waals surface area contributed by atoms with Gasteiger partial charge in [-0.1, -0.05) is 12.1 Å². The van der Waals surface area contributed by atoms with E-state index in [1.807, 2.05) is 0 Å². The fourth-order valence-corrected chi connectivity index (χ4v) is 2.21. The van der Waals surface area contributed by atoms with Crippen LogP contribution in [0.25, 0.3) is 0 Å². The predicted octanol–water partition coefficient (Wildman–Crippen LogP) is 0.947. The summed E-state index contributed by atoms with van der Waals surface area (Å²) in [7, 11) is 1.70. The van der Waals surface area contributed by atoms with Gasteiger partial charge < -0.3 is 10.0 Å². The second kappa shape index (κ2) is 5.36. The van der Waals surface area contributed by atoms with Crippen molar-refractivity contribution in [3.8, 4) is 0 Å². The Balaban J connectivity index is 2.26. The van der Waals surface area contributed by atoms with Crippen molar-refractivity contribution in [3.63, 3.8) is 0 Å². The van der Waals surface area contributed by atoms with Gasteiger partial charge in [0.15, 0.2) is 0 Å². The number of anilines is 1. The number of hydrogen-bond donors (Lipinski definition) is 1. The van der Waals surface area contributed by atoms with Crippen LogP contribution < -0.4 is 4.90 Å². The van der Waals surface area contributed by atoms with Gasteiger partial charge >= 0.3 is 5.97 Å². The Bertz CT molecular complexity index is 506. The molecule has 19 heavy (non-hydrogen) atoms. The van der Waals surface area contributed by atoms with Crippen molar-refractivity contribution >= 4 is 17.6 Å². The number of aliphatic carboxylic acids is 1. The van der Waals surface area contributed by atoms with Gasteiger partial charge in [0.05, 0.1) is 12.1 Å². The van der Waals surface area contributed by atoms with E-state index in [0.29, 0.717) is 13.1 Å². The van der Waals surface area contributed by atoms with Crippen molar-refractivity contribution in [1.29, 1.82) is 0 Å². The third-order valence-electron chi connectivity index (χ3n) is 3.27. The molecule has 1 fully saturated rings. The molecular formula is C13H15FN2O3. The van der Waals surface area contributed by atoms with Crippen LogP contribution in [0, 0.1) is 5.82 Å². The Morgan fingerprint density at radius 2 is 2.11 bits per heavy atom. The molecular weight excluding hydrogens is 251 g/mol. The average Bonchev–Trinajstić information content (AvgIpc) is 2.36. The monoisotopic (exact) mass is 266 g/mol. The highest BCUT2D eigenvalue weighted by Crippen LogP contribution is 2.23. The summed E-state index contributed by atoms with van der Waals surface area (Å²) in [6, 6.07) is 5.26. The highest BCUT2D eigenvalue weighted by molar-refractivity contribution is 5.99. The van der Waals surface area contributed by atoms with E-state index in [4.69, 9.17) is 5.11 Å². The molecule has 0 aliphatic carbocycles. The first-order valence-electron chi connectivity index (χ1n) is 5.98. The number of carboxylic acids is 1. The molecule has 1 aromatic carbocycles. The van der Waals surface area contributed by atoms with E-state index in [1.54, 1.807) is 24.1 Å². The van der Waals surface area contributed by atoms with Gasteiger partial charge in [-0.15, -0.1) is 0 Å². The van der Waals surface area contributed by atoms with Crippen molar-refractivity contribution in [3.05, 3.63) is 30.1 Å². The maximum atomic E-state index is 13.7. The van der Waals surface area contributed by atoms with Crippen LogP contribution in [0.1, 0.15) is 6.42 Å². The number of likely N-dealkylation sites (N-methyl/N-ethyl adjacent to an activating group) is 1. The summed E-state index contributed by atoms with van der Waals surface area (Å²) in [4.78, 5) is 26.1. The molecule has 2 rings (SSSR count). The third kappa shape index (κ3) is 2.73. The Kier molecular flexibility index (Phi) is 3.80. The fraction of sp³-hybridized carbons (Fsp3) is 0.385. The van der Waals surface area contributed by atoms with E-state index in [-0.39, 0.29) is 18.0 Å². The molecule has 1 heterocycles. The van der Waals surface area contributed by atoms with Crippen molar-refractivity contribution in [1.82, 2.24) is 4.90 Å². The first kappa shape index (κ1) is 13.5. The second-order valence-electron chi connectivity index (χ2n) is 4.54. The number of rotatable bonds is 3. The topological polar surface area (TPSA) is 60.9 Å². The summed E-state index contributed by atoms with van der Waals surface area (Å²) in [6.45, 7) is 0.865. The molecule has 1 aliphatic rings. The van der Waals surface area contributed by atoms with Gasteiger partial charge in [-0.25, -0.2) is 4.39 Å². The number of carboxylic acid groups (broad SMARTS) is 1. The molecule has 102 valence electrons.